The zero-order valence-electron chi connectivity index (χ0n) is 49.3. The third kappa shape index (κ3) is 56.8. The van der Waals surface area contributed by atoms with Gasteiger partial charge < -0.3 is 24.2 Å². The SMILES string of the molecule is CC/C=C\C/C=C\C/C=C\C/C=C\C/C=C\CCCCCC(=O)OCC(COP(=O)(O)OCC(CO)OC(=O)CCCC/C=C\C/C=C\C/C=C\C/C=C\CC)OC(=O)CCCCCCCCCCCCCCCCCCC. The van der Waals surface area contributed by atoms with Gasteiger partial charge in [-0.25, -0.2) is 4.57 Å². The van der Waals surface area contributed by atoms with Crippen molar-refractivity contribution in [2.24, 2.45) is 0 Å². The number of hydrogen-bond acceptors (Lipinski definition) is 10. The Morgan fingerprint density at radius 3 is 1.05 bits per heavy atom. The van der Waals surface area contributed by atoms with Gasteiger partial charge in [-0.1, -0.05) is 239 Å². The van der Waals surface area contributed by atoms with Crippen molar-refractivity contribution in [2.75, 3.05) is 26.4 Å². The van der Waals surface area contributed by atoms with Gasteiger partial charge in [0.15, 0.2) is 6.10 Å². The van der Waals surface area contributed by atoms with Crippen LogP contribution < -0.4 is 0 Å². The van der Waals surface area contributed by atoms with E-state index < -0.39 is 57.8 Å². The van der Waals surface area contributed by atoms with E-state index in [1.807, 2.05) is 0 Å². The van der Waals surface area contributed by atoms with Crippen molar-refractivity contribution in [3.8, 4) is 0 Å². The third-order valence-corrected chi connectivity index (χ3v) is 13.6. The minimum absolute atomic E-state index is 0.119. The van der Waals surface area contributed by atoms with Gasteiger partial charge in [0.25, 0.3) is 0 Å². The molecular weight excluding hydrogens is 1000 g/mol. The number of carbonyl (C=O) groups excluding carboxylic acids is 3. The largest absolute Gasteiger partial charge is 0.472 e. The van der Waals surface area contributed by atoms with Crippen LogP contribution in [0.3, 0.4) is 0 Å². The molecule has 0 aliphatic rings. The fraction of sp³-hybridized carbons (Fsp3) is 0.682. The number of esters is 3. The average molecular weight is 1110 g/mol. The van der Waals surface area contributed by atoms with Crippen molar-refractivity contribution in [2.45, 2.75) is 264 Å². The first-order valence-corrected chi connectivity index (χ1v) is 32.3. The molecule has 3 atom stereocenters. The van der Waals surface area contributed by atoms with Crippen molar-refractivity contribution >= 4 is 25.7 Å². The van der Waals surface area contributed by atoms with Gasteiger partial charge in [0.1, 0.15) is 12.7 Å². The molecule has 0 aromatic carbocycles. The summed E-state index contributed by atoms with van der Waals surface area (Å²) in [7, 11) is -4.77. The minimum atomic E-state index is -4.77. The predicted molar refractivity (Wildman–Crippen MR) is 325 cm³/mol. The van der Waals surface area contributed by atoms with Crippen molar-refractivity contribution in [1.29, 1.82) is 0 Å². The Kier molecular flexibility index (Phi) is 56.3. The summed E-state index contributed by atoms with van der Waals surface area (Å²) in [6, 6.07) is 0. The number of hydrogen-bond donors (Lipinski definition) is 2. The highest BCUT2D eigenvalue weighted by molar-refractivity contribution is 7.47. The fourth-order valence-corrected chi connectivity index (χ4v) is 8.86. The number of ether oxygens (including phenoxy) is 3. The lowest BCUT2D eigenvalue weighted by atomic mass is 10.0. The number of carbonyl (C=O) groups is 3. The maximum absolute atomic E-state index is 12.9. The van der Waals surface area contributed by atoms with Crippen LogP contribution in [0.1, 0.15) is 252 Å². The summed E-state index contributed by atoms with van der Waals surface area (Å²) in [6.45, 7) is 4.35. The van der Waals surface area contributed by atoms with Crippen LogP contribution in [0.15, 0.2) is 109 Å². The number of phosphoric acid groups is 1. The molecule has 12 heteroatoms. The van der Waals surface area contributed by atoms with Crippen molar-refractivity contribution in [3.05, 3.63) is 109 Å². The summed E-state index contributed by atoms with van der Waals surface area (Å²) in [5.74, 6) is -1.55. The Balaban J connectivity index is 4.81. The van der Waals surface area contributed by atoms with E-state index in [2.05, 4.69) is 130 Å². The van der Waals surface area contributed by atoms with Gasteiger partial charge >= 0.3 is 25.7 Å². The smallest absolute Gasteiger partial charge is 0.462 e. The molecule has 0 heterocycles. The Bertz CT molecular complexity index is 1720. The minimum Gasteiger partial charge on any atom is -0.462 e. The zero-order chi connectivity index (χ0) is 56.9. The molecule has 446 valence electrons. The molecule has 11 nitrogen and oxygen atoms in total. The molecule has 0 aliphatic carbocycles. The first-order valence-electron chi connectivity index (χ1n) is 30.8. The van der Waals surface area contributed by atoms with E-state index in [1.165, 1.54) is 83.5 Å². The van der Waals surface area contributed by atoms with Crippen LogP contribution in [-0.4, -0.2) is 66.5 Å². The highest BCUT2D eigenvalue weighted by Gasteiger charge is 2.28. The number of aliphatic hydroxyl groups excluding tert-OH is 1. The Morgan fingerprint density at radius 1 is 0.372 bits per heavy atom. The van der Waals surface area contributed by atoms with Gasteiger partial charge in [0.2, 0.25) is 0 Å². The van der Waals surface area contributed by atoms with Crippen LogP contribution in [0, 0.1) is 0 Å². The molecule has 0 aromatic rings. The first-order chi connectivity index (χ1) is 38.2. The lowest BCUT2D eigenvalue weighted by Crippen LogP contribution is -2.30. The summed E-state index contributed by atoms with van der Waals surface area (Å²) >= 11 is 0. The van der Waals surface area contributed by atoms with Crippen LogP contribution in [-0.2, 0) is 42.2 Å². The maximum Gasteiger partial charge on any atom is 0.472 e. The molecule has 3 unspecified atom stereocenters. The summed E-state index contributed by atoms with van der Waals surface area (Å²) in [5.41, 5.74) is 0. The fourth-order valence-electron chi connectivity index (χ4n) is 8.08. The molecule has 0 spiro atoms. The molecule has 0 rings (SSSR count). The number of phosphoric ester groups is 1. The average Bonchev–Trinajstić information content (AvgIpc) is 3.43. The number of allylic oxidation sites excluding steroid dienone is 18. The molecule has 0 fully saturated rings. The number of aliphatic hydroxyl groups is 1. The highest BCUT2D eigenvalue weighted by Crippen LogP contribution is 2.43. The highest BCUT2D eigenvalue weighted by atomic mass is 31.2. The molecular formula is C66H111O11P. The normalized spacial score (nSPS) is 14.1. The molecule has 0 aromatic heterocycles. The summed E-state index contributed by atoms with van der Waals surface area (Å²) < 4.78 is 39.6. The number of unbranched alkanes of at least 4 members (excludes halogenated alkanes) is 21. The van der Waals surface area contributed by atoms with Gasteiger partial charge in [-0.15, -0.1) is 0 Å². The molecule has 0 aliphatic heterocycles. The van der Waals surface area contributed by atoms with Gasteiger partial charge in [0.05, 0.1) is 19.8 Å². The van der Waals surface area contributed by atoms with Crippen LogP contribution in [0.2, 0.25) is 0 Å². The Morgan fingerprint density at radius 2 is 0.667 bits per heavy atom. The molecule has 0 radical (unpaired) electrons. The third-order valence-electron chi connectivity index (χ3n) is 12.7. The van der Waals surface area contributed by atoms with Crippen molar-refractivity contribution in [1.82, 2.24) is 0 Å². The van der Waals surface area contributed by atoms with Crippen molar-refractivity contribution < 1.29 is 52.2 Å². The Hall–Kier alpha value is -3.86. The first kappa shape index (κ1) is 74.1. The van der Waals surface area contributed by atoms with Gasteiger partial charge in [-0.3, -0.25) is 23.4 Å². The van der Waals surface area contributed by atoms with Crippen LogP contribution in [0.5, 0.6) is 0 Å². The molecule has 0 amide bonds. The van der Waals surface area contributed by atoms with Crippen LogP contribution >= 0.6 is 7.82 Å². The van der Waals surface area contributed by atoms with E-state index >= 15 is 0 Å². The monoisotopic (exact) mass is 1110 g/mol. The lowest BCUT2D eigenvalue weighted by Gasteiger charge is -2.21. The van der Waals surface area contributed by atoms with E-state index in [1.54, 1.807) is 0 Å². The lowest BCUT2D eigenvalue weighted by molar-refractivity contribution is -0.161. The second-order valence-electron chi connectivity index (χ2n) is 20.1. The maximum atomic E-state index is 12.9. The predicted octanol–water partition coefficient (Wildman–Crippen LogP) is 18.6. The molecule has 0 saturated carbocycles. The van der Waals surface area contributed by atoms with E-state index in [0.717, 1.165) is 109 Å². The van der Waals surface area contributed by atoms with E-state index in [9.17, 15) is 28.9 Å². The van der Waals surface area contributed by atoms with E-state index in [0.29, 0.717) is 19.3 Å². The van der Waals surface area contributed by atoms with Gasteiger partial charge in [0, 0.05) is 19.3 Å². The van der Waals surface area contributed by atoms with Gasteiger partial charge in [-0.2, -0.15) is 0 Å². The number of rotatable bonds is 56. The van der Waals surface area contributed by atoms with E-state index in [-0.39, 0.29) is 25.9 Å². The molecule has 0 bridgehead atoms. The molecule has 2 N–H and O–H groups in total. The quantitative estimate of drug-likeness (QED) is 0.0197. The summed E-state index contributed by atoms with van der Waals surface area (Å²) in [5, 5.41) is 9.83. The van der Waals surface area contributed by atoms with Crippen molar-refractivity contribution in [3.63, 3.8) is 0 Å². The second kappa shape index (κ2) is 59.3. The van der Waals surface area contributed by atoms with E-state index in [4.69, 9.17) is 23.3 Å². The zero-order valence-corrected chi connectivity index (χ0v) is 50.2. The Labute approximate surface area is 475 Å². The van der Waals surface area contributed by atoms with Gasteiger partial charge in [-0.05, 0) is 103 Å². The summed E-state index contributed by atoms with van der Waals surface area (Å²) in [4.78, 5) is 48.7. The van der Waals surface area contributed by atoms with Crippen LogP contribution in [0.25, 0.3) is 0 Å². The topological polar surface area (TPSA) is 155 Å². The molecule has 78 heavy (non-hydrogen) atoms. The summed E-state index contributed by atoms with van der Waals surface area (Å²) in [6.07, 6.45) is 71.9. The van der Waals surface area contributed by atoms with Crippen LogP contribution in [0.4, 0.5) is 0 Å². The standard InChI is InChI=1S/C66H111O11P/c1-4-7-10-13-16-19-22-25-28-30-31-33-35-37-40-43-46-49-52-55-64(68)73-59-63(77-66(70)57-54-51-48-45-42-39-36-32-29-26-23-20-17-14-11-8-5-2)61-75-78(71,72)74-60-62(58-67)76-65(69)56-53-50-47-44-41-38-34-27-24-21-18-15-12-9-6-3/h7,9-10,12,16,18-19,21,25,27-28,31,33-34,37,40-41,44,62-63,67H,4-6,8,11,13-15,17,20,22-24,26,29-30,32,35-36,38-39,42-43,45-61H2,1-3H3,(H,71,72)/b10-7-,12-9-,19-16-,21-18-,28-25-,33-31-,34-27-,40-37-,44-41-. The second-order valence-corrected chi connectivity index (χ2v) is 21.6. The molecule has 0 saturated heterocycles.